The molecule has 0 spiro atoms. The van der Waals surface area contributed by atoms with E-state index in [9.17, 15) is 14.0 Å². The normalized spacial score (nSPS) is 13.1. The van der Waals surface area contributed by atoms with Crippen molar-refractivity contribution in [2.75, 3.05) is 13.1 Å². The zero-order valence-corrected chi connectivity index (χ0v) is 19.5. The lowest BCUT2D eigenvalue weighted by Crippen LogP contribution is -2.44. The number of para-hydroxylation sites is 1. The SMILES string of the molecule is O=C(CN(C(=O)c1ccc(F)cc1)C1CC1)N(CCc1c[nH]c2ccccc12)Cc1ccccc1. The highest BCUT2D eigenvalue weighted by atomic mass is 19.1. The molecule has 6 heteroatoms. The molecule has 0 unspecified atom stereocenters. The van der Waals surface area contributed by atoms with Crippen molar-refractivity contribution in [3.8, 4) is 0 Å². The van der Waals surface area contributed by atoms with Crippen LogP contribution in [0.25, 0.3) is 10.9 Å². The molecule has 3 aromatic carbocycles. The van der Waals surface area contributed by atoms with Gasteiger partial charge in [0.2, 0.25) is 5.91 Å². The largest absolute Gasteiger partial charge is 0.361 e. The number of fused-ring (bicyclic) bond motifs is 1. The number of nitrogens with zero attached hydrogens (tertiary/aromatic N) is 2. The number of hydrogen-bond acceptors (Lipinski definition) is 2. The van der Waals surface area contributed by atoms with E-state index in [4.69, 9.17) is 0 Å². The molecule has 4 aromatic rings. The first kappa shape index (κ1) is 22.8. The van der Waals surface area contributed by atoms with Crippen molar-refractivity contribution in [3.05, 3.63) is 108 Å². The van der Waals surface area contributed by atoms with Crippen LogP contribution >= 0.6 is 0 Å². The van der Waals surface area contributed by atoms with Crippen LogP contribution in [0.15, 0.2) is 85.1 Å². The van der Waals surface area contributed by atoms with Crippen molar-refractivity contribution in [2.45, 2.75) is 31.8 Å². The van der Waals surface area contributed by atoms with Gasteiger partial charge in [-0.25, -0.2) is 4.39 Å². The number of aromatic amines is 1. The molecular formula is C29H28FN3O2. The smallest absolute Gasteiger partial charge is 0.254 e. The molecule has 0 aliphatic heterocycles. The van der Waals surface area contributed by atoms with Gasteiger partial charge in [0.1, 0.15) is 12.4 Å². The number of benzene rings is 3. The zero-order chi connectivity index (χ0) is 24.2. The second-order valence-corrected chi connectivity index (χ2v) is 9.08. The number of aromatic nitrogens is 1. The van der Waals surface area contributed by atoms with E-state index in [1.54, 1.807) is 4.90 Å². The summed E-state index contributed by atoms with van der Waals surface area (Å²) < 4.78 is 13.4. The molecule has 1 heterocycles. The maximum Gasteiger partial charge on any atom is 0.254 e. The molecule has 2 amide bonds. The van der Waals surface area contributed by atoms with Crippen LogP contribution in [0.5, 0.6) is 0 Å². The number of carbonyl (C=O) groups is 2. The van der Waals surface area contributed by atoms with Crippen LogP contribution < -0.4 is 0 Å². The van der Waals surface area contributed by atoms with Crippen LogP contribution in [0, 0.1) is 5.82 Å². The summed E-state index contributed by atoms with van der Waals surface area (Å²) in [5, 5.41) is 1.16. The number of amides is 2. The molecule has 1 saturated carbocycles. The standard InChI is InChI=1S/C29H28FN3O2/c30-24-12-10-22(11-13-24)29(35)33(25-14-15-25)20-28(34)32(19-21-6-2-1-3-7-21)17-16-23-18-31-27-9-5-4-8-26(23)27/h1-13,18,25,31H,14-17,19-20H2. The Labute approximate surface area is 204 Å². The number of halogens is 1. The Bertz CT molecular complexity index is 1310. The highest BCUT2D eigenvalue weighted by Gasteiger charge is 2.35. The number of rotatable bonds is 9. The first-order valence-corrected chi connectivity index (χ1v) is 12.0. The molecule has 1 fully saturated rings. The highest BCUT2D eigenvalue weighted by Crippen LogP contribution is 2.28. The fraction of sp³-hybridized carbons (Fsp3) is 0.241. The van der Waals surface area contributed by atoms with Crippen molar-refractivity contribution in [1.29, 1.82) is 0 Å². The number of H-pyrrole nitrogens is 1. The molecular weight excluding hydrogens is 441 g/mol. The van der Waals surface area contributed by atoms with Crippen molar-refractivity contribution in [3.63, 3.8) is 0 Å². The molecule has 5 rings (SSSR count). The lowest BCUT2D eigenvalue weighted by molar-refractivity contribution is -0.132. The van der Waals surface area contributed by atoms with E-state index < -0.39 is 0 Å². The van der Waals surface area contributed by atoms with Gasteiger partial charge in [0.25, 0.3) is 5.91 Å². The van der Waals surface area contributed by atoms with Gasteiger partial charge in [-0.3, -0.25) is 9.59 Å². The summed E-state index contributed by atoms with van der Waals surface area (Å²) in [4.78, 5) is 33.5. The zero-order valence-electron chi connectivity index (χ0n) is 19.5. The van der Waals surface area contributed by atoms with Gasteiger partial charge in [0.15, 0.2) is 0 Å². The molecule has 1 aromatic heterocycles. The molecule has 0 atom stereocenters. The Morgan fingerprint density at radius 2 is 1.63 bits per heavy atom. The van der Waals surface area contributed by atoms with Crippen molar-refractivity contribution < 1.29 is 14.0 Å². The van der Waals surface area contributed by atoms with E-state index in [1.807, 2.05) is 59.6 Å². The molecule has 1 N–H and O–H groups in total. The molecule has 0 bridgehead atoms. The van der Waals surface area contributed by atoms with Gasteiger partial charge in [-0.05, 0) is 60.7 Å². The Hall–Kier alpha value is -3.93. The van der Waals surface area contributed by atoms with Gasteiger partial charge in [-0.1, -0.05) is 48.5 Å². The van der Waals surface area contributed by atoms with Gasteiger partial charge in [0.05, 0.1) is 0 Å². The second kappa shape index (κ2) is 10.1. The quantitative estimate of drug-likeness (QED) is 0.367. The minimum Gasteiger partial charge on any atom is -0.361 e. The molecule has 0 radical (unpaired) electrons. The van der Waals surface area contributed by atoms with Gasteiger partial charge in [-0.15, -0.1) is 0 Å². The molecule has 5 nitrogen and oxygen atoms in total. The van der Waals surface area contributed by atoms with Crippen molar-refractivity contribution >= 4 is 22.7 Å². The Kier molecular flexibility index (Phi) is 6.62. The highest BCUT2D eigenvalue weighted by molar-refractivity contribution is 5.97. The lowest BCUT2D eigenvalue weighted by Gasteiger charge is -2.28. The average Bonchev–Trinajstić information content (AvgIpc) is 3.65. The lowest BCUT2D eigenvalue weighted by atomic mass is 10.1. The Morgan fingerprint density at radius 1 is 0.914 bits per heavy atom. The van der Waals surface area contributed by atoms with Crippen molar-refractivity contribution in [2.24, 2.45) is 0 Å². The fourth-order valence-corrected chi connectivity index (χ4v) is 4.45. The summed E-state index contributed by atoms with van der Waals surface area (Å²) in [5.41, 5.74) is 3.68. The third kappa shape index (κ3) is 5.43. The Morgan fingerprint density at radius 3 is 2.37 bits per heavy atom. The molecule has 35 heavy (non-hydrogen) atoms. The van der Waals surface area contributed by atoms with Gasteiger partial charge >= 0.3 is 0 Å². The van der Waals surface area contributed by atoms with E-state index in [2.05, 4.69) is 11.1 Å². The van der Waals surface area contributed by atoms with Gasteiger partial charge < -0.3 is 14.8 Å². The summed E-state index contributed by atoms with van der Waals surface area (Å²) in [7, 11) is 0. The third-order valence-corrected chi connectivity index (χ3v) is 6.54. The maximum atomic E-state index is 13.6. The summed E-state index contributed by atoms with van der Waals surface area (Å²) >= 11 is 0. The van der Waals surface area contributed by atoms with E-state index >= 15 is 0 Å². The number of nitrogens with one attached hydrogen (secondary N) is 1. The molecule has 1 aliphatic rings. The van der Waals surface area contributed by atoms with E-state index in [0.717, 1.165) is 34.9 Å². The number of hydrogen-bond donors (Lipinski definition) is 1. The van der Waals surface area contributed by atoms with Crippen LogP contribution in [0.2, 0.25) is 0 Å². The molecule has 1 aliphatic carbocycles. The van der Waals surface area contributed by atoms with Gasteiger partial charge in [-0.2, -0.15) is 0 Å². The average molecular weight is 470 g/mol. The fourth-order valence-electron chi connectivity index (χ4n) is 4.45. The minimum atomic E-state index is -0.387. The van der Waals surface area contributed by atoms with Gasteiger partial charge in [0, 0.05) is 41.8 Å². The van der Waals surface area contributed by atoms with E-state index in [0.29, 0.717) is 25.1 Å². The maximum absolute atomic E-state index is 13.6. The van der Waals surface area contributed by atoms with Crippen molar-refractivity contribution in [1.82, 2.24) is 14.8 Å². The summed E-state index contributed by atoms with van der Waals surface area (Å²) in [6, 6.07) is 23.6. The Balaban J connectivity index is 1.34. The number of carbonyl (C=O) groups excluding carboxylic acids is 2. The third-order valence-electron chi connectivity index (χ3n) is 6.54. The predicted octanol–water partition coefficient (Wildman–Crippen LogP) is 5.18. The molecule has 178 valence electrons. The van der Waals surface area contributed by atoms with Crippen LogP contribution in [0.3, 0.4) is 0 Å². The van der Waals surface area contributed by atoms with E-state index in [-0.39, 0.29) is 30.2 Å². The summed E-state index contributed by atoms with van der Waals surface area (Å²) in [6.07, 6.45) is 4.48. The van der Waals surface area contributed by atoms with Crippen LogP contribution in [0.1, 0.15) is 34.3 Å². The first-order chi connectivity index (χ1) is 17.1. The summed E-state index contributed by atoms with van der Waals surface area (Å²) in [6.45, 7) is 1.03. The monoisotopic (exact) mass is 469 g/mol. The minimum absolute atomic E-state index is 0.0155. The van der Waals surface area contributed by atoms with Crippen LogP contribution in [-0.4, -0.2) is 45.7 Å². The topological polar surface area (TPSA) is 56.4 Å². The van der Waals surface area contributed by atoms with Crippen LogP contribution in [-0.2, 0) is 17.8 Å². The molecule has 0 saturated heterocycles. The first-order valence-electron chi connectivity index (χ1n) is 12.0. The predicted molar refractivity (Wildman–Crippen MR) is 134 cm³/mol. The summed E-state index contributed by atoms with van der Waals surface area (Å²) in [5.74, 6) is -0.699. The van der Waals surface area contributed by atoms with E-state index in [1.165, 1.54) is 24.3 Å². The second-order valence-electron chi connectivity index (χ2n) is 9.08. The van der Waals surface area contributed by atoms with Crippen LogP contribution in [0.4, 0.5) is 4.39 Å².